The van der Waals surface area contributed by atoms with Crippen molar-refractivity contribution in [3.63, 3.8) is 0 Å². The van der Waals surface area contributed by atoms with Crippen molar-refractivity contribution in [3.05, 3.63) is 11.5 Å². The fourth-order valence-electron chi connectivity index (χ4n) is 2.73. The normalized spacial score (nSPS) is 16.0. The lowest BCUT2D eigenvalue weighted by Gasteiger charge is -2.23. The molecular weight excluding hydrogens is 272 g/mol. The molecule has 7 heteroatoms. The molecule has 2 heterocycles. The van der Waals surface area contributed by atoms with Gasteiger partial charge in [0.25, 0.3) is 0 Å². The molecule has 116 valence electrons. The Kier molecular flexibility index (Phi) is 4.50. The van der Waals surface area contributed by atoms with Gasteiger partial charge < -0.3 is 19.9 Å². The van der Waals surface area contributed by atoms with Crippen molar-refractivity contribution in [2.75, 3.05) is 25.9 Å². The predicted molar refractivity (Wildman–Crippen MR) is 77.9 cm³/mol. The lowest BCUT2D eigenvalue weighted by Crippen LogP contribution is -2.34. The van der Waals surface area contributed by atoms with Crippen LogP contribution < -0.4 is 5.73 Å². The zero-order valence-corrected chi connectivity index (χ0v) is 12.8. The number of methoxy groups -OCH3 is 1. The SMILES string of the molecule is CCc1nc(C(=O)OC)c(N)n1C(C)C(=O)N1CCCC1. The molecule has 0 spiro atoms. The fourth-order valence-corrected chi connectivity index (χ4v) is 2.73. The summed E-state index contributed by atoms with van der Waals surface area (Å²) < 4.78 is 6.33. The number of imidazole rings is 1. The molecule has 1 unspecified atom stereocenters. The predicted octanol–water partition coefficient (Wildman–Crippen LogP) is 0.998. The molecule has 0 aromatic carbocycles. The second-order valence-corrected chi connectivity index (χ2v) is 5.19. The Bertz CT molecular complexity index is 547. The number of nitrogen functional groups attached to an aromatic ring is 1. The second kappa shape index (κ2) is 6.15. The third-order valence-corrected chi connectivity index (χ3v) is 3.88. The molecule has 0 aliphatic carbocycles. The summed E-state index contributed by atoms with van der Waals surface area (Å²) >= 11 is 0. The Labute approximate surface area is 124 Å². The van der Waals surface area contributed by atoms with E-state index < -0.39 is 12.0 Å². The number of carbonyl (C=O) groups excluding carboxylic acids is 2. The molecule has 0 bridgehead atoms. The van der Waals surface area contributed by atoms with E-state index in [4.69, 9.17) is 5.73 Å². The van der Waals surface area contributed by atoms with Crippen molar-refractivity contribution in [2.45, 2.75) is 39.2 Å². The molecule has 1 aromatic rings. The largest absolute Gasteiger partial charge is 0.464 e. The molecule has 1 aromatic heterocycles. The van der Waals surface area contributed by atoms with Crippen molar-refractivity contribution in [3.8, 4) is 0 Å². The number of esters is 1. The standard InChI is InChI=1S/C14H22N4O3/c1-4-10-16-11(14(20)21-3)12(15)18(10)9(2)13(19)17-7-5-6-8-17/h9H,4-8,15H2,1-3H3. The third-order valence-electron chi connectivity index (χ3n) is 3.88. The van der Waals surface area contributed by atoms with Gasteiger partial charge in [0.15, 0.2) is 5.69 Å². The van der Waals surface area contributed by atoms with E-state index in [9.17, 15) is 9.59 Å². The minimum atomic E-state index is -0.582. The summed E-state index contributed by atoms with van der Waals surface area (Å²) in [6.45, 7) is 5.26. The van der Waals surface area contributed by atoms with Gasteiger partial charge in [-0.2, -0.15) is 0 Å². The Morgan fingerprint density at radius 2 is 2.00 bits per heavy atom. The van der Waals surface area contributed by atoms with Crippen LogP contribution in [0.4, 0.5) is 5.82 Å². The van der Waals surface area contributed by atoms with Crippen LogP contribution in [0.3, 0.4) is 0 Å². The van der Waals surface area contributed by atoms with Gasteiger partial charge in [-0.1, -0.05) is 6.92 Å². The Morgan fingerprint density at radius 1 is 1.38 bits per heavy atom. The van der Waals surface area contributed by atoms with Gasteiger partial charge in [-0.05, 0) is 19.8 Å². The Morgan fingerprint density at radius 3 is 2.52 bits per heavy atom. The second-order valence-electron chi connectivity index (χ2n) is 5.19. The first-order valence-electron chi connectivity index (χ1n) is 7.24. The van der Waals surface area contributed by atoms with Crippen molar-refractivity contribution >= 4 is 17.7 Å². The molecule has 1 saturated heterocycles. The summed E-state index contributed by atoms with van der Waals surface area (Å²) in [7, 11) is 1.28. The zero-order valence-electron chi connectivity index (χ0n) is 12.8. The zero-order chi connectivity index (χ0) is 15.6. The molecule has 1 aliphatic heterocycles. The summed E-state index contributed by atoms with van der Waals surface area (Å²) in [6.07, 6.45) is 2.65. The van der Waals surface area contributed by atoms with Crippen LogP contribution in [0, 0.1) is 0 Å². The van der Waals surface area contributed by atoms with Gasteiger partial charge in [0.05, 0.1) is 7.11 Å². The number of aromatic nitrogens is 2. The molecule has 1 fully saturated rings. The van der Waals surface area contributed by atoms with E-state index >= 15 is 0 Å². The van der Waals surface area contributed by atoms with Gasteiger partial charge in [-0.25, -0.2) is 9.78 Å². The van der Waals surface area contributed by atoms with E-state index in [-0.39, 0.29) is 17.4 Å². The highest BCUT2D eigenvalue weighted by Crippen LogP contribution is 2.24. The van der Waals surface area contributed by atoms with E-state index in [1.54, 1.807) is 11.5 Å². The van der Waals surface area contributed by atoms with E-state index in [1.807, 2.05) is 11.8 Å². The van der Waals surface area contributed by atoms with Crippen molar-refractivity contribution in [1.29, 1.82) is 0 Å². The number of rotatable bonds is 4. The van der Waals surface area contributed by atoms with Crippen molar-refractivity contribution in [1.82, 2.24) is 14.5 Å². The lowest BCUT2D eigenvalue weighted by atomic mass is 10.2. The smallest absolute Gasteiger partial charge is 0.360 e. The van der Waals surface area contributed by atoms with Gasteiger partial charge in [0.1, 0.15) is 17.7 Å². The summed E-state index contributed by atoms with van der Waals surface area (Å²) in [6, 6.07) is -0.469. The van der Waals surface area contributed by atoms with Gasteiger partial charge >= 0.3 is 5.97 Å². The van der Waals surface area contributed by atoms with Crippen molar-refractivity contribution < 1.29 is 14.3 Å². The minimum absolute atomic E-state index is 0.0164. The van der Waals surface area contributed by atoms with Crippen LogP contribution in [-0.4, -0.2) is 46.5 Å². The molecule has 1 atom stereocenters. The number of nitrogens with zero attached hydrogens (tertiary/aromatic N) is 3. The maximum atomic E-state index is 12.5. The number of carbonyl (C=O) groups is 2. The summed E-state index contributed by atoms with van der Waals surface area (Å²) in [5, 5.41) is 0. The van der Waals surface area contributed by atoms with Crippen molar-refractivity contribution in [2.24, 2.45) is 0 Å². The fraction of sp³-hybridized carbons (Fsp3) is 0.643. The van der Waals surface area contributed by atoms with Gasteiger partial charge in [0.2, 0.25) is 5.91 Å². The molecule has 2 rings (SSSR count). The first-order valence-corrected chi connectivity index (χ1v) is 7.24. The quantitative estimate of drug-likeness (QED) is 0.837. The van der Waals surface area contributed by atoms with Gasteiger partial charge in [-0.3, -0.25) is 4.79 Å². The molecule has 2 N–H and O–H groups in total. The number of likely N-dealkylation sites (tertiary alicyclic amines) is 1. The van der Waals surface area contributed by atoms with Crippen LogP contribution in [0.25, 0.3) is 0 Å². The number of ether oxygens (including phenoxy) is 1. The highest BCUT2D eigenvalue weighted by molar-refractivity contribution is 5.93. The highest BCUT2D eigenvalue weighted by atomic mass is 16.5. The first-order chi connectivity index (χ1) is 10.0. The molecule has 21 heavy (non-hydrogen) atoms. The number of hydrogen-bond acceptors (Lipinski definition) is 5. The maximum absolute atomic E-state index is 12.5. The Balaban J connectivity index is 2.35. The molecule has 1 aliphatic rings. The lowest BCUT2D eigenvalue weighted by molar-refractivity contribution is -0.133. The molecular formula is C14H22N4O3. The molecule has 0 radical (unpaired) electrons. The van der Waals surface area contributed by atoms with Gasteiger partial charge in [-0.15, -0.1) is 0 Å². The monoisotopic (exact) mass is 294 g/mol. The summed E-state index contributed by atoms with van der Waals surface area (Å²) in [5.41, 5.74) is 6.10. The summed E-state index contributed by atoms with van der Waals surface area (Å²) in [5.74, 6) is 0.246. The van der Waals surface area contributed by atoms with E-state index in [1.165, 1.54) is 7.11 Å². The third kappa shape index (κ3) is 2.72. The number of nitrogens with two attached hydrogens (primary N) is 1. The van der Waals surface area contributed by atoms with Gasteiger partial charge in [0, 0.05) is 19.5 Å². The summed E-state index contributed by atoms with van der Waals surface area (Å²) in [4.78, 5) is 30.3. The van der Waals surface area contributed by atoms with Crippen LogP contribution in [-0.2, 0) is 16.0 Å². The number of hydrogen-bond donors (Lipinski definition) is 1. The van der Waals surface area contributed by atoms with Crippen LogP contribution in [0.5, 0.6) is 0 Å². The average molecular weight is 294 g/mol. The van der Waals surface area contributed by atoms with Crippen LogP contribution in [0.1, 0.15) is 49.0 Å². The Hall–Kier alpha value is -2.05. The number of anilines is 1. The molecule has 1 amide bonds. The maximum Gasteiger partial charge on any atom is 0.360 e. The number of aryl methyl sites for hydroxylation is 1. The number of amides is 1. The van der Waals surface area contributed by atoms with E-state index in [2.05, 4.69) is 9.72 Å². The topological polar surface area (TPSA) is 90.4 Å². The van der Waals surface area contributed by atoms with E-state index in [0.717, 1.165) is 25.9 Å². The average Bonchev–Trinajstić information content (AvgIpc) is 3.12. The minimum Gasteiger partial charge on any atom is -0.464 e. The van der Waals surface area contributed by atoms with Crippen LogP contribution >= 0.6 is 0 Å². The highest BCUT2D eigenvalue weighted by Gasteiger charge is 2.29. The molecule has 0 saturated carbocycles. The molecule has 7 nitrogen and oxygen atoms in total. The van der Waals surface area contributed by atoms with Crippen LogP contribution in [0.15, 0.2) is 0 Å². The van der Waals surface area contributed by atoms with E-state index in [0.29, 0.717) is 12.2 Å². The first kappa shape index (κ1) is 15.3. The van der Waals surface area contributed by atoms with Crippen LogP contribution in [0.2, 0.25) is 0 Å².